The fraction of sp³-hybridized carbons (Fsp3) is 0.571. The molecule has 47 heavy (non-hydrogen) atoms. The zero-order valence-corrected chi connectivity index (χ0v) is 30.5. The summed E-state index contributed by atoms with van der Waals surface area (Å²) in [5.74, 6) is 0.401. The van der Waals surface area contributed by atoms with Crippen LogP contribution >= 0.6 is 11.3 Å². The molecule has 4 aromatic rings. The van der Waals surface area contributed by atoms with Crippen LogP contribution in [-0.2, 0) is 27.5 Å². The van der Waals surface area contributed by atoms with Gasteiger partial charge in [-0.15, -0.1) is 11.3 Å². The number of carbonyl (C=O) groups is 2. The fourth-order valence-electron chi connectivity index (χ4n) is 7.01. The van der Waals surface area contributed by atoms with E-state index in [0.717, 1.165) is 54.9 Å². The summed E-state index contributed by atoms with van der Waals surface area (Å²) in [5, 5.41) is 9.30. The molecule has 3 aromatic heterocycles. The molecular weight excluding hydrogens is 627 g/mol. The van der Waals surface area contributed by atoms with Crippen molar-refractivity contribution in [2.75, 3.05) is 38.6 Å². The average molecular weight is 676 g/mol. The van der Waals surface area contributed by atoms with Gasteiger partial charge in [-0.3, -0.25) is 14.6 Å². The van der Waals surface area contributed by atoms with Crippen molar-refractivity contribution in [2.45, 2.75) is 78.0 Å². The third-order valence-electron chi connectivity index (χ3n) is 9.83. The number of fused-ring (bicyclic) bond motifs is 2. The maximum Gasteiger partial charge on any atom is 0.314 e. The molecule has 0 saturated carbocycles. The van der Waals surface area contributed by atoms with Gasteiger partial charge in [-0.2, -0.15) is 5.10 Å². The number of pyridine rings is 1. The summed E-state index contributed by atoms with van der Waals surface area (Å²) in [6, 6.07) is 7.26. The Morgan fingerprint density at radius 2 is 1.91 bits per heavy atom. The molecule has 0 aliphatic carbocycles. The summed E-state index contributed by atoms with van der Waals surface area (Å²) >= 11 is 1.78. The van der Waals surface area contributed by atoms with Crippen LogP contribution in [0.4, 0.5) is 5.69 Å². The molecule has 1 N–H and O–H groups in total. The van der Waals surface area contributed by atoms with Crippen LogP contribution in [0.2, 0.25) is 25.7 Å². The average Bonchev–Trinajstić information content (AvgIpc) is 3.63. The van der Waals surface area contributed by atoms with E-state index in [4.69, 9.17) is 9.72 Å². The lowest BCUT2D eigenvalue weighted by molar-refractivity contribution is -0.146. The minimum atomic E-state index is -1.22. The number of nitrogens with zero attached hydrogens (tertiary/aromatic N) is 6. The van der Waals surface area contributed by atoms with Crippen molar-refractivity contribution in [1.82, 2.24) is 29.5 Å². The normalized spacial score (nSPS) is 22.6. The van der Waals surface area contributed by atoms with Gasteiger partial charge in [0.05, 0.1) is 44.9 Å². The molecule has 2 saturated heterocycles. The first-order valence-electron chi connectivity index (χ1n) is 17.0. The molecule has 0 spiro atoms. The minimum absolute atomic E-state index is 0.188. The first-order valence-corrected chi connectivity index (χ1v) is 21.5. The van der Waals surface area contributed by atoms with Gasteiger partial charge in [0, 0.05) is 45.8 Å². The molecule has 2 amide bonds. The number of rotatable bonds is 9. The monoisotopic (exact) mass is 675 g/mol. The van der Waals surface area contributed by atoms with E-state index >= 15 is 0 Å². The predicted octanol–water partition coefficient (Wildman–Crippen LogP) is 6.42. The summed E-state index contributed by atoms with van der Waals surface area (Å²) in [5.41, 5.74) is 3.16. The lowest BCUT2D eigenvalue weighted by atomic mass is 9.85. The van der Waals surface area contributed by atoms with Crippen LogP contribution in [0, 0.1) is 17.8 Å². The summed E-state index contributed by atoms with van der Waals surface area (Å²) < 4.78 is 8.83. The van der Waals surface area contributed by atoms with Gasteiger partial charge in [-0.05, 0) is 74.3 Å². The molecule has 10 nitrogen and oxygen atoms in total. The largest absolute Gasteiger partial charge is 0.360 e. The standard InChI is InChI=1S/C35H49N7O3SSi/c1-23-7-9-30(26-8-10-31-28(15-26)38-32(46-31)16-25-11-12-40(3)21-24(25)2)41(20-23)35(44)34(43)39-29-19-36-17-27-18-37-42(33(27)29)22-45-13-14-47(4,5)6/h8,10,15,17-19,23-25,30H,7,9,11-14,16,20-22H2,1-6H3,(H,39,43)/t23-,24?,25?,30+/m0/s1. The first kappa shape index (κ1) is 33.7. The highest BCUT2D eigenvalue weighted by atomic mass is 32.1. The van der Waals surface area contributed by atoms with Gasteiger partial charge in [0.1, 0.15) is 6.73 Å². The van der Waals surface area contributed by atoms with Crippen molar-refractivity contribution in [2.24, 2.45) is 17.8 Å². The van der Waals surface area contributed by atoms with Gasteiger partial charge >= 0.3 is 11.8 Å². The summed E-state index contributed by atoms with van der Waals surface area (Å²) in [7, 11) is 0.980. The van der Waals surface area contributed by atoms with E-state index in [1.54, 1.807) is 39.5 Å². The van der Waals surface area contributed by atoms with E-state index in [9.17, 15) is 9.59 Å². The number of carbonyl (C=O) groups excluding carboxylic acids is 2. The fourth-order valence-corrected chi connectivity index (χ4v) is 8.80. The molecule has 2 unspecified atom stereocenters. The molecule has 0 radical (unpaired) electrons. The van der Waals surface area contributed by atoms with E-state index in [1.165, 1.54) is 16.1 Å². The van der Waals surface area contributed by atoms with E-state index in [1.807, 2.05) is 0 Å². The van der Waals surface area contributed by atoms with Gasteiger partial charge < -0.3 is 19.9 Å². The third-order valence-corrected chi connectivity index (χ3v) is 12.6. The van der Waals surface area contributed by atoms with Crippen LogP contribution in [0.25, 0.3) is 21.1 Å². The quantitative estimate of drug-likeness (QED) is 0.124. The van der Waals surface area contributed by atoms with E-state index < -0.39 is 19.9 Å². The second-order valence-corrected chi connectivity index (χ2v) is 21.8. The number of piperidine rings is 2. The Hall–Kier alpha value is -3.19. The highest BCUT2D eigenvalue weighted by Gasteiger charge is 2.35. The van der Waals surface area contributed by atoms with Gasteiger partial charge in [0.15, 0.2) is 0 Å². The highest BCUT2D eigenvalue weighted by Crippen LogP contribution is 2.37. The van der Waals surface area contributed by atoms with Crippen molar-refractivity contribution in [1.29, 1.82) is 0 Å². The smallest absolute Gasteiger partial charge is 0.314 e. The maximum absolute atomic E-state index is 13.9. The zero-order chi connectivity index (χ0) is 33.3. The maximum atomic E-state index is 13.9. The summed E-state index contributed by atoms with van der Waals surface area (Å²) in [4.78, 5) is 41.0. The number of ether oxygens (including phenoxy) is 1. The van der Waals surface area contributed by atoms with Crippen molar-refractivity contribution >= 4 is 58.0 Å². The Labute approximate surface area is 282 Å². The Morgan fingerprint density at radius 3 is 2.70 bits per heavy atom. The van der Waals surface area contributed by atoms with Crippen LogP contribution in [-0.4, -0.2) is 82.7 Å². The molecule has 1 aromatic carbocycles. The highest BCUT2D eigenvalue weighted by molar-refractivity contribution is 7.18. The van der Waals surface area contributed by atoms with Gasteiger partial charge in [-0.1, -0.05) is 39.6 Å². The summed E-state index contributed by atoms with van der Waals surface area (Å²) in [6.45, 7) is 15.2. The van der Waals surface area contributed by atoms with Gasteiger partial charge in [0.2, 0.25) is 0 Å². The van der Waals surface area contributed by atoms with E-state index in [-0.39, 0.29) is 12.8 Å². The Balaban J connectivity index is 1.17. The molecule has 2 aliphatic rings. The number of thiazole rings is 1. The topological polar surface area (TPSA) is 105 Å². The second-order valence-electron chi connectivity index (χ2n) is 15.1. The van der Waals surface area contributed by atoms with Crippen LogP contribution < -0.4 is 5.32 Å². The van der Waals surface area contributed by atoms with Crippen molar-refractivity contribution < 1.29 is 14.3 Å². The van der Waals surface area contributed by atoms with Gasteiger partial charge in [0.25, 0.3) is 0 Å². The molecule has 252 valence electrons. The number of hydrogen-bond acceptors (Lipinski definition) is 8. The Morgan fingerprint density at radius 1 is 1.09 bits per heavy atom. The first-order chi connectivity index (χ1) is 22.4. The lowest BCUT2D eigenvalue weighted by Crippen LogP contribution is -2.46. The molecule has 2 aliphatic heterocycles. The molecule has 0 bridgehead atoms. The Bertz CT molecular complexity index is 1730. The number of benzene rings is 1. The predicted molar refractivity (Wildman–Crippen MR) is 191 cm³/mol. The zero-order valence-electron chi connectivity index (χ0n) is 28.7. The molecule has 6 rings (SSSR count). The number of hydrogen-bond donors (Lipinski definition) is 1. The van der Waals surface area contributed by atoms with Gasteiger partial charge in [-0.25, -0.2) is 9.67 Å². The molecule has 4 atom stereocenters. The van der Waals surface area contributed by atoms with Crippen molar-refractivity contribution in [3.8, 4) is 0 Å². The van der Waals surface area contributed by atoms with E-state index in [2.05, 4.69) is 79.0 Å². The van der Waals surface area contributed by atoms with Crippen LogP contribution in [0.5, 0.6) is 0 Å². The third kappa shape index (κ3) is 7.93. The molecule has 12 heteroatoms. The number of aromatic nitrogens is 4. The van der Waals surface area contributed by atoms with Crippen LogP contribution in [0.3, 0.4) is 0 Å². The van der Waals surface area contributed by atoms with Crippen LogP contribution in [0.15, 0.2) is 36.8 Å². The molecule has 2 fully saturated rings. The lowest BCUT2D eigenvalue weighted by Gasteiger charge is -2.38. The Kier molecular flexibility index (Phi) is 10.1. The second kappa shape index (κ2) is 14.1. The van der Waals surface area contributed by atoms with Crippen molar-refractivity contribution in [3.05, 3.63) is 47.4 Å². The molecular formula is C35H49N7O3SSi. The number of nitrogens with one attached hydrogen (secondary N) is 1. The number of amides is 2. The molecule has 5 heterocycles. The number of likely N-dealkylation sites (tertiary alicyclic amines) is 2. The minimum Gasteiger partial charge on any atom is -0.360 e. The summed E-state index contributed by atoms with van der Waals surface area (Å²) in [6.07, 6.45) is 8.99. The van der Waals surface area contributed by atoms with Crippen LogP contribution in [0.1, 0.15) is 49.7 Å². The number of anilines is 1. The van der Waals surface area contributed by atoms with Crippen molar-refractivity contribution in [3.63, 3.8) is 0 Å². The van der Waals surface area contributed by atoms with E-state index in [0.29, 0.717) is 42.1 Å². The SMILES string of the molecule is CC1CN(C)CCC1Cc1nc2cc([C@H]3CC[C@H](C)CN3C(=O)C(=O)Nc3cncc4cnn(COCC[Si](C)(C)C)c34)ccc2s1.